The molecule has 32 heavy (non-hydrogen) atoms. The number of nitrogens with zero attached hydrogens (tertiary/aromatic N) is 1. The van der Waals surface area contributed by atoms with Crippen LogP contribution in [0.2, 0.25) is 0 Å². The minimum atomic E-state index is -0.495. The van der Waals surface area contributed by atoms with Crippen molar-refractivity contribution in [3.63, 3.8) is 0 Å². The van der Waals surface area contributed by atoms with Gasteiger partial charge in [0.1, 0.15) is 11.8 Å². The number of carbonyl (C=O) groups is 2. The number of carbonyl (C=O) groups excluding carboxylic acids is 2. The number of benzene rings is 2. The molecule has 174 valence electrons. The van der Waals surface area contributed by atoms with Crippen LogP contribution in [-0.2, 0) is 21.9 Å². The molecule has 0 aliphatic rings. The minimum Gasteiger partial charge on any atom is -0.497 e. The second-order valence-electron chi connectivity index (χ2n) is 7.92. The van der Waals surface area contributed by atoms with Gasteiger partial charge < -0.3 is 15.0 Å². The molecule has 2 rings (SSSR count). The van der Waals surface area contributed by atoms with Crippen LogP contribution in [0, 0.1) is 6.92 Å². The Bertz CT molecular complexity index is 872. The maximum atomic E-state index is 13.3. The van der Waals surface area contributed by atoms with Crippen molar-refractivity contribution >= 4 is 23.6 Å². The monoisotopic (exact) mass is 456 g/mol. The molecular weight excluding hydrogens is 420 g/mol. The van der Waals surface area contributed by atoms with E-state index in [-0.39, 0.29) is 11.8 Å². The Morgan fingerprint density at radius 3 is 2.53 bits per heavy atom. The van der Waals surface area contributed by atoms with Crippen molar-refractivity contribution in [3.8, 4) is 5.75 Å². The molecule has 0 aromatic heterocycles. The molecule has 6 heteroatoms. The fraction of sp³-hybridized carbons (Fsp3) is 0.462. The third kappa shape index (κ3) is 8.23. The van der Waals surface area contributed by atoms with Gasteiger partial charge in [-0.2, -0.15) is 0 Å². The standard InChI is InChI=1S/C26H36N2O3S/c1-5-7-14-27-26(30)24(6-2)28(17-21-11-9-13-23(16-21)31-4)25(29)19-32-18-22-12-8-10-20(3)15-22/h8-13,15-16,24H,5-7,14,17-19H2,1-4H3,(H,27,30). The second-order valence-corrected chi connectivity index (χ2v) is 8.91. The van der Waals surface area contributed by atoms with Gasteiger partial charge in [0.15, 0.2) is 0 Å². The van der Waals surface area contributed by atoms with Crippen LogP contribution in [0.25, 0.3) is 0 Å². The summed E-state index contributed by atoms with van der Waals surface area (Å²) in [6.07, 6.45) is 2.51. The minimum absolute atomic E-state index is 0.0250. The molecule has 2 aromatic carbocycles. The number of hydrogen-bond donors (Lipinski definition) is 1. The summed E-state index contributed by atoms with van der Waals surface area (Å²) in [4.78, 5) is 27.9. The lowest BCUT2D eigenvalue weighted by Crippen LogP contribution is -2.49. The van der Waals surface area contributed by atoms with Gasteiger partial charge in [-0.05, 0) is 43.0 Å². The molecule has 0 fully saturated rings. The largest absolute Gasteiger partial charge is 0.497 e. The van der Waals surface area contributed by atoms with Gasteiger partial charge in [0.25, 0.3) is 0 Å². The van der Waals surface area contributed by atoms with E-state index in [1.54, 1.807) is 23.8 Å². The number of methoxy groups -OCH3 is 1. The Kier molecular flexibility index (Phi) is 11.2. The Labute approximate surface area is 196 Å². The highest BCUT2D eigenvalue weighted by molar-refractivity contribution is 7.99. The summed E-state index contributed by atoms with van der Waals surface area (Å²) in [5, 5.41) is 3.00. The third-order valence-electron chi connectivity index (χ3n) is 5.28. The fourth-order valence-corrected chi connectivity index (χ4v) is 4.39. The van der Waals surface area contributed by atoms with E-state index >= 15 is 0 Å². The van der Waals surface area contributed by atoms with E-state index < -0.39 is 6.04 Å². The average molecular weight is 457 g/mol. The van der Waals surface area contributed by atoms with Crippen molar-refractivity contribution in [3.05, 3.63) is 65.2 Å². The number of unbranched alkanes of at least 4 members (excludes halogenated alkanes) is 1. The van der Waals surface area contributed by atoms with E-state index in [0.29, 0.717) is 25.3 Å². The van der Waals surface area contributed by atoms with E-state index in [0.717, 1.165) is 29.9 Å². The molecule has 2 amide bonds. The van der Waals surface area contributed by atoms with E-state index in [4.69, 9.17) is 4.74 Å². The first-order chi connectivity index (χ1) is 15.5. The first-order valence-corrected chi connectivity index (χ1v) is 12.5. The van der Waals surface area contributed by atoms with E-state index in [2.05, 4.69) is 37.4 Å². The van der Waals surface area contributed by atoms with Crippen LogP contribution in [0.15, 0.2) is 48.5 Å². The number of amides is 2. The van der Waals surface area contributed by atoms with Crippen LogP contribution in [0.5, 0.6) is 5.75 Å². The molecule has 0 radical (unpaired) electrons. The number of aryl methyl sites for hydroxylation is 1. The number of ether oxygens (including phenoxy) is 1. The van der Waals surface area contributed by atoms with Crippen LogP contribution in [0.4, 0.5) is 0 Å². The molecule has 1 atom stereocenters. The highest BCUT2D eigenvalue weighted by atomic mass is 32.2. The smallest absolute Gasteiger partial charge is 0.242 e. The normalized spacial score (nSPS) is 11.6. The zero-order chi connectivity index (χ0) is 23.3. The molecule has 1 N–H and O–H groups in total. The second kappa shape index (κ2) is 13.8. The van der Waals surface area contributed by atoms with E-state index in [1.165, 1.54) is 11.1 Å². The SMILES string of the molecule is CCCCNC(=O)C(CC)N(Cc1cccc(OC)c1)C(=O)CSCc1cccc(C)c1. The lowest BCUT2D eigenvalue weighted by Gasteiger charge is -2.30. The predicted octanol–water partition coefficient (Wildman–Crippen LogP) is 4.96. The zero-order valence-electron chi connectivity index (χ0n) is 19.7. The van der Waals surface area contributed by atoms with E-state index in [1.807, 2.05) is 37.3 Å². The van der Waals surface area contributed by atoms with Crippen LogP contribution in [-0.4, -0.2) is 42.2 Å². The highest BCUT2D eigenvalue weighted by Crippen LogP contribution is 2.20. The van der Waals surface area contributed by atoms with Gasteiger partial charge in [0, 0.05) is 18.8 Å². The van der Waals surface area contributed by atoms with Gasteiger partial charge in [-0.1, -0.05) is 62.2 Å². The lowest BCUT2D eigenvalue weighted by atomic mass is 10.1. The molecule has 0 aliphatic heterocycles. The predicted molar refractivity (Wildman–Crippen MR) is 133 cm³/mol. The Morgan fingerprint density at radius 2 is 1.84 bits per heavy atom. The van der Waals surface area contributed by atoms with Crippen molar-refractivity contribution in [2.24, 2.45) is 0 Å². The molecule has 2 aromatic rings. The molecular formula is C26H36N2O3S. The molecule has 0 saturated heterocycles. The average Bonchev–Trinajstić information content (AvgIpc) is 2.79. The van der Waals surface area contributed by atoms with Crippen molar-refractivity contribution < 1.29 is 14.3 Å². The van der Waals surface area contributed by atoms with Crippen LogP contribution >= 0.6 is 11.8 Å². The van der Waals surface area contributed by atoms with Crippen LogP contribution in [0.3, 0.4) is 0 Å². The molecule has 0 spiro atoms. The van der Waals surface area contributed by atoms with Gasteiger partial charge in [-0.3, -0.25) is 9.59 Å². The van der Waals surface area contributed by atoms with Gasteiger partial charge in [-0.25, -0.2) is 0 Å². The lowest BCUT2D eigenvalue weighted by molar-refractivity contribution is -0.139. The molecule has 0 aliphatic carbocycles. The number of rotatable bonds is 13. The molecule has 1 unspecified atom stereocenters. The fourth-order valence-electron chi connectivity index (χ4n) is 3.53. The van der Waals surface area contributed by atoms with E-state index in [9.17, 15) is 9.59 Å². The summed E-state index contributed by atoms with van der Waals surface area (Å²) in [7, 11) is 1.62. The van der Waals surface area contributed by atoms with Crippen LogP contribution < -0.4 is 10.1 Å². The third-order valence-corrected chi connectivity index (χ3v) is 6.27. The van der Waals surface area contributed by atoms with Crippen molar-refractivity contribution in [1.29, 1.82) is 0 Å². The number of nitrogens with one attached hydrogen (secondary N) is 1. The Balaban J connectivity index is 2.13. The summed E-state index contributed by atoms with van der Waals surface area (Å²) < 4.78 is 5.33. The maximum Gasteiger partial charge on any atom is 0.242 e. The topological polar surface area (TPSA) is 58.6 Å². The molecule has 0 bridgehead atoms. The summed E-state index contributed by atoms with van der Waals surface area (Å²) in [5.41, 5.74) is 3.36. The van der Waals surface area contributed by atoms with Crippen molar-refractivity contribution in [2.75, 3.05) is 19.4 Å². The summed E-state index contributed by atoms with van der Waals surface area (Å²) in [6, 6.07) is 15.5. The summed E-state index contributed by atoms with van der Waals surface area (Å²) in [5.74, 6) is 1.73. The maximum absolute atomic E-state index is 13.3. The first-order valence-electron chi connectivity index (χ1n) is 11.3. The first kappa shape index (κ1) is 25.8. The van der Waals surface area contributed by atoms with Crippen molar-refractivity contribution in [2.45, 2.75) is 58.4 Å². The molecule has 5 nitrogen and oxygen atoms in total. The Morgan fingerprint density at radius 1 is 1.09 bits per heavy atom. The molecule has 0 saturated carbocycles. The number of thioether (sulfide) groups is 1. The van der Waals surface area contributed by atoms with Gasteiger partial charge >= 0.3 is 0 Å². The Hall–Kier alpha value is -2.47. The highest BCUT2D eigenvalue weighted by Gasteiger charge is 2.28. The van der Waals surface area contributed by atoms with Crippen molar-refractivity contribution in [1.82, 2.24) is 10.2 Å². The van der Waals surface area contributed by atoms with Crippen LogP contribution in [0.1, 0.15) is 49.8 Å². The quantitative estimate of drug-likeness (QED) is 0.433. The van der Waals surface area contributed by atoms with Gasteiger partial charge in [0.2, 0.25) is 11.8 Å². The number of hydrogen-bond acceptors (Lipinski definition) is 4. The zero-order valence-corrected chi connectivity index (χ0v) is 20.5. The molecule has 0 heterocycles. The van der Waals surface area contributed by atoms with Gasteiger partial charge in [0.05, 0.1) is 12.9 Å². The summed E-state index contributed by atoms with van der Waals surface area (Å²) >= 11 is 1.58. The summed E-state index contributed by atoms with van der Waals surface area (Å²) in [6.45, 7) is 7.12. The van der Waals surface area contributed by atoms with Gasteiger partial charge in [-0.15, -0.1) is 11.8 Å².